The van der Waals surface area contributed by atoms with Crippen molar-refractivity contribution in [2.24, 2.45) is 0 Å². The summed E-state index contributed by atoms with van der Waals surface area (Å²) in [6, 6.07) is 0. The van der Waals surface area contributed by atoms with Gasteiger partial charge in [0.25, 0.3) is 0 Å². The SMILES string of the molecule is CC(=O)CC[C@@](C)(O)CCC1=C(C)C(=O)C(C)=C(C)C1=O. The zero-order valence-electron chi connectivity index (χ0n) is 13.5. The number of allylic oxidation sites excluding steroid dienone is 4. The standard InChI is InChI=1S/C17H24O4/c1-10(18)6-8-17(5,21)9-7-14-13(4)15(19)11(2)12(3)16(14)20/h21H,6-9H2,1-5H3/t17-/m1/s1. The summed E-state index contributed by atoms with van der Waals surface area (Å²) in [5, 5.41) is 10.3. The van der Waals surface area contributed by atoms with Crippen LogP contribution in [0.3, 0.4) is 0 Å². The van der Waals surface area contributed by atoms with E-state index in [4.69, 9.17) is 0 Å². The second-order valence-electron chi connectivity index (χ2n) is 6.21. The van der Waals surface area contributed by atoms with Crippen molar-refractivity contribution in [3.8, 4) is 0 Å². The van der Waals surface area contributed by atoms with Crippen LogP contribution in [0.1, 0.15) is 60.3 Å². The summed E-state index contributed by atoms with van der Waals surface area (Å²) in [6.45, 7) is 8.14. The van der Waals surface area contributed by atoms with Crippen LogP contribution in [0.4, 0.5) is 0 Å². The molecule has 116 valence electrons. The van der Waals surface area contributed by atoms with Crippen LogP contribution in [0, 0.1) is 0 Å². The number of ketones is 3. The number of carbonyl (C=O) groups is 3. The van der Waals surface area contributed by atoms with Gasteiger partial charge in [0.05, 0.1) is 5.60 Å². The molecule has 0 aliphatic heterocycles. The van der Waals surface area contributed by atoms with Crippen molar-refractivity contribution in [3.63, 3.8) is 0 Å². The van der Waals surface area contributed by atoms with Gasteiger partial charge < -0.3 is 9.90 Å². The predicted molar refractivity (Wildman–Crippen MR) is 80.9 cm³/mol. The van der Waals surface area contributed by atoms with Gasteiger partial charge in [0, 0.05) is 28.7 Å². The topological polar surface area (TPSA) is 71.4 Å². The molecule has 0 saturated heterocycles. The van der Waals surface area contributed by atoms with Crippen LogP contribution in [0.5, 0.6) is 0 Å². The van der Waals surface area contributed by atoms with Gasteiger partial charge in [-0.15, -0.1) is 0 Å². The number of hydrogen-bond acceptors (Lipinski definition) is 4. The van der Waals surface area contributed by atoms with Crippen molar-refractivity contribution < 1.29 is 19.5 Å². The van der Waals surface area contributed by atoms with Crippen LogP contribution in [0.15, 0.2) is 22.3 Å². The molecule has 1 aliphatic carbocycles. The average molecular weight is 292 g/mol. The lowest BCUT2D eigenvalue weighted by molar-refractivity contribution is -0.118. The van der Waals surface area contributed by atoms with E-state index in [9.17, 15) is 19.5 Å². The first-order chi connectivity index (χ1) is 9.57. The maximum Gasteiger partial charge on any atom is 0.185 e. The number of aliphatic hydroxyl groups is 1. The second-order valence-corrected chi connectivity index (χ2v) is 6.21. The lowest BCUT2D eigenvalue weighted by atomic mass is 9.82. The molecule has 0 bridgehead atoms. The Hall–Kier alpha value is -1.55. The van der Waals surface area contributed by atoms with Crippen LogP contribution in [0.25, 0.3) is 0 Å². The predicted octanol–water partition coefficient (Wildman–Crippen LogP) is 2.69. The van der Waals surface area contributed by atoms with E-state index in [0.717, 1.165) is 0 Å². The molecule has 0 spiro atoms. The zero-order chi connectivity index (χ0) is 16.4. The Morgan fingerprint density at radius 1 is 1.00 bits per heavy atom. The zero-order valence-corrected chi connectivity index (χ0v) is 13.5. The molecule has 1 aliphatic rings. The number of rotatable bonds is 6. The molecule has 0 heterocycles. The maximum atomic E-state index is 12.3. The molecule has 0 aromatic rings. The maximum absolute atomic E-state index is 12.3. The summed E-state index contributed by atoms with van der Waals surface area (Å²) >= 11 is 0. The van der Waals surface area contributed by atoms with Crippen LogP contribution in [0.2, 0.25) is 0 Å². The van der Waals surface area contributed by atoms with E-state index in [0.29, 0.717) is 48.0 Å². The van der Waals surface area contributed by atoms with Gasteiger partial charge in [0.1, 0.15) is 5.78 Å². The van der Waals surface area contributed by atoms with E-state index in [2.05, 4.69) is 0 Å². The fraction of sp³-hybridized carbons (Fsp3) is 0.588. The Morgan fingerprint density at radius 3 is 2.05 bits per heavy atom. The molecule has 1 rings (SSSR count). The molecule has 0 saturated carbocycles. The van der Waals surface area contributed by atoms with E-state index in [-0.39, 0.29) is 17.3 Å². The van der Waals surface area contributed by atoms with Crippen molar-refractivity contribution in [2.75, 3.05) is 0 Å². The lowest BCUT2D eigenvalue weighted by Crippen LogP contribution is -2.27. The van der Waals surface area contributed by atoms with E-state index in [1.54, 1.807) is 27.7 Å². The van der Waals surface area contributed by atoms with Crippen molar-refractivity contribution >= 4 is 17.3 Å². The van der Waals surface area contributed by atoms with Gasteiger partial charge in [-0.1, -0.05) is 0 Å². The van der Waals surface area contributed by atoms with E-state index < -0.39 is 5.60 Å². The molecule has 0 aromatic carbocycles. The van der Waals surface area contributed by atoms with E-state index in [1.165, 1.54) is 6.92 Å². The second kappa shape index (κ2) is 6.48. The van der Waals surface area contributed by atoms with E-state index >= 15 is 0 Å². The normalized spacial score (nSPS) is 19.1. The summed E-state index contributed by atoms with van der Waals surface area (Å²) in [5.41, 5.74) is 0.956. The molecule has 4 heteroatoms. The van der Waals surface area contributed by atoms with Crippen LogP contribution >= 0.6 is 0 Å². The monoisotopic (exact) mass is 292 g/mol. The van der Waals surface area contributed by atoms with Gasteiger partial charge in [-0.3, -0.25) is 9.59 Å². The highest BCUT2D eigenvalue weighted by Gasteiger charge is 2.29. The fourth-order valence-electron chi connectivity index (χ4n) is 2.42. The minimum absolute atomic E-state index is 0.0315. The van der Waals surface area contributed by atoms with Crippen LogP contribution < -0.4 is 0 Å². The molecule has 0 amide bonds. The highest BCUT2D eigenvalue weighted by Crippen LogP contribution is 2.30. The van der Waals surface area contributed by atoms with Crippen LogP contribution in [-0.4, -0.2) is 28.1 Å². The first-order valence-corrected chi connectivity index (χ1v) is 7.25. The van der Waals surface area contributed by atoms with Crippen LogP contribution in [-0.2, 0) is 14.4 Å². The van der Waals surface area contributed by atoms with Gasteiger partial charge in [-0.25, -0.2) is 0 Å². The summed E-state index contributed by atoms with van der Waals surface area (Å²) in [5.74, 6) is -0.165. The first kappa shape index (κ1) is 17.5. The number of hydrogen-bond donors (Lipinski definition) is 1. The third-order valence-electron chi connectivity index (χ3n) is 4.24. The molecule has 0 aromatic heterocycles. The van der Waals surface area contributed by atoms with Gasteiger partial charge in [0.2, 0.25) is 0 Å². The highest BCUT2D eigenvalue weighted by atomic mass is 16.3. The number of Topliss-reactive ketones (excluding diaryl/α,β-unsaturated/α-hetero) is 3. The summed E-state index contributed by atoms with van der Waals surface area (Å²) in [7, 11) is 0. The Morgan fingerprint density at radius 2 is 1.52 bits per heavy atom. The Kier molecular flexibility index (Phi) is 5.40. The average Bonchev–Trinajstić information content (AvgIpc) is 2.41. The summed E-state index contributed by atoms with van der Waals surface area (Å²) < 4.78 is 0. The molecule has 21 heavy (non-hydrogen) atoms. The minimum Gasteiger partial charge on any atom is -0.390 e. The Labute approximate surface area is 125 Å². The van der Waals surface area contributed by atoms with Gasteiger partial charge in [-0.2, -0.15) is 0 Å². The quantitative estimate of drug-likeness (QED) is 0.764. The highest BCUT2D eigenvalue weighted by molar-refractivity contribution is 6.24. The van der Waals surface area contributed by atoms with Crippen molar-refractivity contribution in [3.05, 3.63) is 22.3 Å². The summed E-state index contributed by atoms with van der Waals surface area (Å²) in [6.07, 6.45) is 1.39. The molecular weight excluding hydrogens is 268 g/mol. The molecule has 1 atom stereocenters. The van der Waals surface area contributed by atoms with E-state index in [1.807, 2.05) is 0 Å². The third-order valence-corrected chi connectivity index (χ3v) is 4.24. The molecule has 4 nitrogen and oxygen atoms in total. The summed E-state index contributed by atoms with van der Waals surface area (Å²) in [4.78, 5) is 35.3. The Balaban J connectivity index is 2.81. The van der Waals surface area contributed by atoms with Gasteiger partial charge in [0.15, 0.2) is 11.6 Å². The smallest absolute Gasteiger partial charge is 0.185 e. The van der Waals surface area contributed by atoms with Crippen molar-refractivity contribution in [2.45, 2.75) is 65.9 Å². The number of carbonyl (C=O) groups excluding carboxylic acids is 3. The fourth-order valence-corrected chi connectivity index (χ4v) is 2.42. The Bertz CT molecular complexity index is 547. The largest absolute Gasteiger partial charge is 0.390 e. The van der Waals surface area contributed by atoms with Gasteiger partial charge >= 0.3 is 0 Å². The van der Waals surface area contributed by atoms with Gasteiger partial charge in [-0.05, 0) is 53.9 Å². The molecule has 1 N–H and O–H groups in total. The van der Waals surface area contributed by atoms with Crippen molar-refractivity contribution in [1.82, 2.24) is 0 Å². The third kappa shape index (κ3) is 4.21. The molecule has 0 fully saturated rings. The minimum atomic E-state index is -1.01. The lowest BCUT2D eigenvalue weighted by Gasteiger charge is -2.25. The first-order valence-electron chi connectivity index (χ1n) is 7.25. The molecule has 0 unspecified atom stereocenters. The molecule has 0 radical (unpaired) electrons. The molecular formula is C17H24O4. The van der Waals surface area contributed by atoms with Crippen molar-refractivity contribution in [1.29, 1.82) is 0 Å².